The van der Waals surface area contributed by atoms with Gasteiger partial charge in [0.1, 0.15) is 5.75 Å². The minimum absolute atomic E-state index is 0.0623. The van der Waals surface area contributed by atoms with Crippen LogP contribution in [0, 0.1) is 11.8 Å². The van der Waals surface area contributed by atoms with Crippen molar-refractivity contribution in [1.82, 2.24) is 4.90 Å². The molecule has 6 nitrogen and oxygen atoms in total. The molecule has 0 aromatic heterocycles. The summed E-state index contributed by atoms with van der Waals surface area (Å²) >= 11 is 5.99. The number of rotatable bonds is 3. The van der Waals surface area contributed by atoms with Crippen molar-refractivity contribution in [3.63, 3.8) is 0 Å². The lowest BCUT2D eigenvalue weighted by molar-refractivity contribution is -0.142. The van der Waals surface area contributed by atoms with Crippen LogP contribution in [0.15, 0.2) is 18.2 Å². The lowest BCUT2D eigenvalue weighted by Gasteiger charge is -2.17. The second-order valence-corrected chi connectivity index (χ2v) is 5.51. The van der Waals surface area contributed by atoms with E-state index >= 15 is 0 Å². The minimum atomic E-state index is -0.870. The van der Waals surface area contributed by atoms with Gasteiger partial charge in [-0.15, -0.1) is 0 Å². The van der Waals surface area contributed by atoms with Crippen molar-refractivity contribution in [3.8, 4) is 5.75 Å². The van der Waals surface area contributed by atoms with E-state index in [1.807, 2.05) is 6.92 Å². The molecule has 1 heterocycles. The number of carboxylic acids is 1. The van der Waals surface area contributed by atoms with Crippen molar-refractivity contribution < 1.29 is 19.4 Å². The van der Waals surface area contributed by atoms with Gasteiger partial charge >= 0.3 is 12.0 Å². The topological polar surface area (TPSA) is 78.9 Å². The van der Waals surface area contributed by atoms with Crippen LogP contribution in [0.25, 0.3) is 0 Å². The summed E-state index contributed by atoms with van der Waals surface area (Å²) in [5, 5.41) is 12.2. The van der Waals surface area contributed by atoms with Gasteiger partial charge in [-0.1, -0.05) is 18.5 Å². The predicted molar refractivity (Wildman–Crippen MR) is 78.9 cm³/mol. The highest BCUT2D eigenvalue weighted by Gasteiger charge is 2.36. The Morgan fingerprint density at radius 2 is 2.14 bits per heavy atom. The first-order valence-corrected chi connectivity index (χ1v) is 6.92. The highest BCUT2D eigenvalue weighted by Crippen LogP contribution is 2.28. The number of carbonyl (C=O) groups excluding carboxylic acids is 1. The van der Waals surface area contributed by atoms with Gasteiger partial charge in [0.05, 0.1) is 18.1 Å². The number of ether oxygens (including phenoxy) is 1. The quantitative estimate of drug-likeness (QED) is 0.899. The number of likely N-dealkylation sites (tertiary alicyclic amines) is 1. The summed E-state index contributed by atoms with van der Waals surface area (Å²) in [5.74, 6) is -0.927. The third kappa shape index (κ3) is 3.39. The largest absolute Gasteiger partial charge is 0.495 e. The van der Waals surface area contributed by atoms with Gasteiger partial charge in [-0.2, -0.15) is 0 Å². The number of halogens is 1. The number of carbonyl (C=O) groups is 2. The normalized spacial score (nSPS) is 21.2. The van der Waals surface area contributed by atoms with E-state index in [9.17, 15) is 9.59 Å². The molecule has 0 radical (unpaired) electrons. The number of carboxylic acid groups (broad SMARTS) is 1. The van der Waals surface area contributed by atoms with Gasteiger partial charge < -0.3 is 20.1 Å². The van der Waals surface area contributed by atoms with Gasteiger partial charge in [-0.05, 0) is 24.1 Å². The van der Waals surface area contributed by atoms with Crippen LogP contribution in [-0.2, 0) is 4.79 Å². The van der Waals surface area contributed by atoms with E-state index in [1.54, 1.807) is 18.2 Å². The molecule has 2 rings (SSSR count). The standard InChI is InChI=1S/C14H17ClN2O4/c1-8-6-17(7-10(8)13(18)19)14(20)16-9-3-4-12(21-2)11(15)5-9/h3-5,8,10H,6-7H2,1-2H3,(H,16,20)(H,18,19)/t8-,10-/m1/s1. The van der Waals surface area contributed by atoms with Gasteiger partial charge in [-0.25, -0.2) is 4.79 Å². The van der Waals surface area contributed by atoms with Crippen molar-refractivity contribution in [3.05, 3.63) is 23.2 Å². The average Bonchev–Trinajstić information content (AvgIpc) is 2.81. The van der Waals surface area contributed by atoms with E-state index < -0.39 is 11.9 Å². The van der Waals surface area contributed by atoms with Crippen LogP contribution < -0.4 is 10.1 Å². The fourth-order valence-corrected chi connectivity index (χ4v) is 2.66. The first kappa shape index (κ1) is 15.4. The van der Waals surface area contributed by atoms with Crippen molar-refractivity contribution in [1.29, 1.82) is 0 Å². The lowest BCUT2D eigenvalue weighted by atomic mass is 9.99. The van der Waals surface area contributed by atoms with Crippen LogP contribution in [0.4, 0.5) is 10.5 Å². The number of anilines is 1. The van der Waals surface area contributed by atoms with E-state index in [2.05, 4.69) is 5.32 Å². The number of amides is 2. The molecule has 0 saturated carbocycles. The molecule has 0 bridgehead atoms. The van der Waals surface area contributed by atoms with E-state index in [4.69, 9.17) is 21.4 Å². The van der Waals surface area contributed by atoms with Crippen molar-refractivity contribution in [2.75, 3.05) is 25.5 Å². The molecule has 0 spiro atoms. The zero-order valence-electron chi connectivity index (χ0n) is 11.8. The zero-order chi connectivity index (χ0) is 15.6. The Labute approximate surface area is 127 Å². The molecule has 2 atom stereocenters. The third-order valence-electron chi connectivity index (χ3n) is 3.62. The SMILES string of the molecule is COc1ccc(NC(=O)N2C[C@@H](C)[C@H](C(=O)O)C2)cc1Cl. The fraction of sp³-hybridized carbons (Fsp3) is 0.429. The molecule has 21 heavy (non-hydrogen) atoms. The monoisotopic (exact) mass is 312 g/mol. The molecule has 1 aliphatic heterocycles. The molecule has 0 aliphatic carbocycles. The number of benzene rings is 1. The minimum Gasteiger partial charge on any atom is -0.495 e. The maximum Gasteiger partial charge on any atom is 0.321 e. The van der Waals surface area contributed by atoms with Gasteiger partial charge in [0.25, 0.3) is 0 Å². The highest BCUT2D eigenvalue weighted by molar-refractivity contribution is 6.32. The highest BCUT2D eigenvalue weighted by atomic mass is 35.5. The van der Waals surface area contributed by atoms with Gasteiger partial charge in [0.15, 0.2) is 0 Å². The molecular formula is C14H17ClN2O4. The Hall–Kier alpha value is -1.95. The van der Waals surface area contributed by atoms with Crippen molar-refractivity contribution in [2.45, 2.75) is 6.92 Å². The average molecular weight is 313 g/mol. The van der Waals surface area contributed by atoms with Crippen LogP contribution in [0.1, 0.15) is 6.92 Å². The van der Waals surface area contributed by atoms with E-state index in [0.29, 0.717) is 23.0 Å². The van der Waals surface area contributed by atoms with E-state index in [1.165, 1.54) is 12.0 Å². The summed E-state index contributed by atoms with van der Waals surface area (Å²) in [5.41, 5.74) is 0.539. The molecule has 2 amide bonds. The van der Waals surface area contributed by atoms with E-state index in [0.717, 1.165) is 0 Å². The maximum absolute atomic E-state index is 12.1. The molecule has 1 fully saturated rings. The Bertz CT molecular complexity index is 564. The molecule has 1 aromatic rings. The summed E-state index contributed by atoms with van der Waals surface area (Å²) < 4.78 is 5.04. The van der Waals surface area contributed by atoms with Gasteiger partial charge in [0.2, 0.25) is 0 Å². The molecule has 1 saturated heterocycles. The summed E-state index contributed by atoms with van der Waals surface area (Å²) in [6.07, 6.45) is 0. The molecule has 114 valence electrons. The van der Waals surface area contributed by atoms with Crippen molar-refractivity contribution >= 4 is 29.3 Å². The first-order valence-electron chi connectivity index (χ1n) is 6.54. The number of urea groups is 1. The number of nitrogens with one attached hydrogen (secondary N) is 1. The molecule has 7 heteroatoms. The molecule has 1 aromatic carbocycles. The number of aliphatic carboxylic acids is 1. The van der Waals surface area contributed by atoms with Crippen LogP contribution in [0.5, 0.6) is 5.75 Å². The van der Waals surface area contributed by atoms with Crippen LogP contribution in [-0.4, -0.2) is 42.2 Å². The van der Waals surface area contributed by atoms with Crippen LogP contribution >= 0.6 is 11.6 Å². The zero-order valence-corrected chi connectivity index (χ0v) is 12.6. The van der Waals surface area contributed by atoms with Crippen LogP contribution in [0.3, 0.4) is 0 Å². The number of methoxy groups -OCH3 is 1. The van der Waals surface area contributed by atoms with Gasteiger partial charge in [0, 0.05) is 18.8 Å². The van der Waals surface area contributed by atoms with Gasteiger partial charge in [-0.3, -0.25) is 4.79 Å². The second-order valence-electron chi connectivity index (χ2n) is 5.11. The fourth-order valence-electron chi connectivity index (χ4n) is 2.40. The molecule has 2 N–H and O–H groups in total. The summed E-state index contributed by atoms with van der Waals surface area (Å²) in [4.78, 5) is 24.7. The second kappa shape index (κ2) is 6.22. The smallest absolute Gasteiger partial charge is 0.321 e. The predicted octanol–water partition coefficient (Wildman–Crippen LogP) is 2.53. The molecular weight excluding hydrogens is 296 g/mol. The molecule has 0 unspecified atom stereocenters. The summed E-state index contributed by atoms with van der Waals surface area (Å²) in [6.45, 7) is 2.47. The Morgan fingerprint density at radius 3 is 2.67 bits per heavy atom. The number of nitrogens with zero attached hydrogens (tertiary/aromatic N) is 1. The summed E-state index contributed by atoms with van der Waals surface area (Å²) in [6, 6.07) is 4.60. The number of hydrogen-bond acceptors (Lipinski definition) is 3. The lowest BCUT2D eigenvalue weighted by Crippen LogP contribution is -2.33. The third-order valence-corrected chi connectivity index (χ3v) is 3.92. The maximum atomic E-state index is 12.1. The Kier molecular flexibility index (Phi) is 4.57. The Balaban J connectivity index is 2.02. The first-order chi connectivity index (χ1) is 9.92. The van der Waals surface area contributed by atoms with E-state index in [-0.39, 0.29) is 18.5 Å². The Morgan fingerprint density at radius 1 is 1.43 bits per heavy atom. The molecule has 1 aliphatic rings. The number of hydrogen-bond donors (Lipinski definition) is 2. The summed E-state index contributed by atoms with van der Waals surface area (Å²) in [7, 11) is 1.51. The van der Waals surface area contributed by atoms with Crippen LogP contribution in [0.2, 0.25) is 5.02 Å². The van der Waals surface area contributed by atoms with Crippen molar-refractivity contribution in [2.24, 2.45) is 11.8 Å².